The van der Waals surface area contributed by atoms with Crippen LogP contribution in [0.25, 0.3) is 0 Å². The molecule has 0 radical (unpaired) electrons. The van der Waals surface area contributed by atoms with Gasteiger partial charge in [0, 0.05) is 12.0 Å². The zero-order chi connectivity index (χ0) is 11.6. The number of aliphatic hydroxyl groups excluding tert-OH is 1. The van der Waals surface area contributed by atoms with Crippen LogP contribution < -0.4 is 0 Å². The highest BCUT2D eigenvalue weighted by Gasteiger charge is 2.35. The first-order chi connectivity index (χ1) is 7.67. The van der Waals surface area contributed by atoms with Gasteiger partial charge in [-0.15, -0.1) is 0 Å². The third kappa shape index (κ3) is 2.29. The van der Waals surface area contributed by atoms with E-state index >= 15 is 0 Å². The lowest BCUT2D eigenvalue weighted by Gasteiger charge is -2.25. The van der Waals surface area contributed by atoms with Gasteiger partial charge in [-0.05, 0) is 40.4 Å². The first-order valence-electron chi connectivity index (χ1n) is 5.28. The fourth-order valence-electron chi connectivity index (χ4n) is 2.06. The number of rotatable bonds is 3. The van der Waals surface area contributed by atoms with Crippen molar-refractivity contribution in [3.63, 3.8) is 0 Å². The lowest BCUT2D eigenvalue weighted by atomic mass is 9.82. The quantitative estimate of drug-likeness (QED) is 0.926. The number of ether oxygens (including phenoxy) is 1. The van der Waals surface area contributed by atoms with Gasteiger partial charge in [0.1, 0.15) is 5.82 Å². The fraction of sp³-hybridized carbons (Fsp3) is 0.500. The molecule has 1 aromatic rings. The van der Waals surface area contributed by atoms with Crippen molar-refractivity contribution in [3.05, 3.63) is 34.1 Å². The average molecular weight is 289 g/mol. The van der Waals surface area contributed by atoms with E-state index in [1.165, 1.54) is 6.07 Å². The molecular formula is C12H14BrFO2. The van der Waals surface area contributed by atoms with Crippen molar-refractivity contribution in [3.8, 4) is 0 Å². The van der Waals surface area contributed by atoms with Crippen LogP contribution in [0.15, 0.2) is 22.7 Å². The minimum atomic E-state index is -0.260. The molecule has 2 nitrogen and oxygen atoms in total. The molecule has 1 aliphatic heterocycles. The minimum absolute atomic E-state index is 0.0793. The lowest BCUT2D eigenvalue weighted by molar-refractivity contribution is 0.0933. The molecule has 1 fully saturated rings. The second-order valence-corrected chi connectivity index (χ2v) is 5.14. The highest BCUT2D eigenvalue weighted by atomic mass is 79.9. The summed E-state index contributed by atoms with van der Waals surface area (Å²) in [4.78, 5) is 0. The molecular weight excluding hydrogens is 275 g/mol. The highest BCUT2D eigenvalue weighted by molar-refractivity contribution is 9.10. The van der Waals surface area contributed by atoms with E-state index in [2.05, 4.69) is 15.9 Å². The number of hydrogen-bond acceptors (Lipinski definition) is 2. The normalized spacial score (nSPS) is 24.9. The lowest BCUT2D eigenvalue weighted by Crippen LogP contribution is -2.28. The monoisotopic (exact) mass is 288 g/mol. The van der Waals surface area contributed by atoms with Gasteiger partial charge in [0.25, 0.3) is 0 Å². The van der Waals surface area contributed by atoms with Crippen LogP contribution in [0.3, 0.4) is 0 Å². The molecule has 0 amide bonds. The van der Waals surface area contributed by atoms with Crippen LogP contribution in [-0.2, 0) is 11.2 Å². The van der Waals surface area contributed by atoms with Crippen molar-refractivity contribution in [1.82, 2.24) is 0 Å². The second kappa shape index (κ2) is 4.82. The molecule has 0 aliphatic carbocycles. The van der Waals surface area contributed by atoms with Gasteiger partial charge in [0.2, 0.25) is 0 Å². The van der Waals surface area contributed by atoms with Crippen molar-refractivity contribution < 1.29 is 14.2 Å². The van der Waals surface area contributed by atoms with Crippen molar-refractivity contribution in [1.29, 1.82) is 0 Å². The predicted octanol–water partition coefficient (Wildman–Crippen LogP) is 2.53. The zero-order valence-electron chi connectivity index (χ0n) is 8.88. The van der Waals surface area contributed by atoms with Crippen molar-refractivity contribution in [2.75, 3.05) is 19.8 Å². The Morgan fingerprint density at radius 2 is 2.31 bits per heavy atom. The van der Waals surface area contributed by atoms with Gasteiger partial charge in [0.15, 0.2) is 0 Å². The largest absolute Gasteiger partial charge is 0.396 e. The molecule has 1 N–H and O–H groups in total. The molecule has 1 unspecified atom stereocenters. The van der Waals surface area contributed by atoms with E-state index in [0.717, 1.165) is 12.0 Å². The molecule has 4 heteroatoms. The van der Waals surface area contributed by atoms with Gasteiger partial charge in [-0.1, -0.05) is 12.1 Å². The van der Waals surface area contributed by atoms with Crippen LogP contribution in [0.2, 0.25) is 0 Å². The Bertz CT molecular complexity index is 375. The molecule has 1 saturated heterocycles. The topological polar surface area (TPSA) is 29.5 Å². The molecule has 0 aromatic heterocycles. The third-order valence-electron chi connectivity index (χ3n) is 3.12. The van der Waals surface area contributed by atoms with Crippen molar-refractivity contribution in [2.45, 2.75) is 12.8 Å². The van der Waals surface area contributed by atoms with E-state index in [1.54, 1.807) is 6.07 Å². The zero-order valence-corrected chi connectivity index (χ0v) is 10.5. The summed E-state index contributed by atoms with van der Waals surface area (Å²) >= 11 is 3.24. The van der Waals surface area contributed by atoms with Crippen molar-refractivity contribution in [2.24, 2.45) is 5.41 Å². The summed E-state index contributed by atoms with van der Waals surface area (Å²) in [7, 11) is 0. The first-order valence-corrected chi connectivity index (χ1v) is 6.08. The summed E-state index contributed by atoms with van der Waals surface area (Å²) in [5, 5.41) is 9.45. The minimum Gasteiger partial charge on any atom is -0.396 e. The molecule has 0 bridgehead atoms. The van der Waals surface area contributed by atoms with Crippen LogP contribution in [-0.4, -0.2) is 24.9 Å². The summed E-state index contributed by atoms with van der Waals surface area (Å²) in [6.07, 6.45) is 1.47. The summed E-state index contributed by atoms with van der Waals surface area (Å²) < 4.78 is 19.2. The van der Waals surface area contributed by atoms with E-state index in [-0.39, 0.29) is 17.8 Å². The number of halogens is 2. The second-order valence-electron chi connectivity index (χ2n) is 4.35. The SMILES string of the molecule is OCC1(Cc2cccc(F)c2Br)CCOC1. The number of aliphatic hydroxyl groups is 1. The highest BCUT2D eigenvalue weighted by Crippen LogP contribution is 2.34. The molecule has 1 atom stereocenters. The average Bonchev–Trinajstić information content (AvgIpc) is 2.74. The van der Waals surface area contributed by atoms with Gasteiger partial charge in [-0.3, -0.25) is 0 Å². The standard InChI is InChI=1S/C12H14BrFO2/c13-11-9(2-1-3-10(11)14)6-12(7-15)4-5-16-8-12/h1-3,15H,4-8H2. The molecule has 0 spiro atoms. The van der Waals surface area contributed by atoms with Crippen LogP contribution in [0, 0.1) is 11.2 Å². The summed E-state index contributed by atoms with van der Waals surface area (Å²) in [6.45, 7) is 1.30. The van der Waals surface area contributed by atoms with Crippen LogP contribution >= 0.6 is 15.9 Å². The van der Waals surface area contributed by atoms with Crippen LogP contribution in [0.1, 0.15) is 12.0 Å². The molecule has 2 rings (SSSR count). The Morgan fingerprint density at radius 1 is 1.50 bits per heavy atom. The van der Waals surface area contributed by atoms with E-state index in [1.807, 2.05) is 6.07 Å². The molecule has 1 aromatic carbocycles. The molecule has 88 valence electrons. The fourth-order valence-corrected chi connectivity index (χ4v) is 2.46. The van der Waals surface area contributed by atoms with Crippen molar-refractivity contribution >= 4 is 15.9 Å². The van der Waals surface area contributed by atoms with Gasteiger partial charge in [-0.2, -0.15) is 0 Å². The van der Waals surface area contributed by atoms with Gasteiger partial charge >= 0.3 is 0 Å². The molecule has 0 saturated carbocycles. The maximum atomic E-state index is 13.3. The summed E-state index contributed by atoms with van der Waals surface area (Å²) in [5.41, 5.74) is 0.649. The van der Waals surface area contributed by atoms with Gasteiger partial charge in [-0.25, -0.2) is 4.39 Å². The third-order valence-corrected chi connectivity index (χ3v) is 4.01. The summed E-state index contributed by atoms with van der Waals surface area (Å²) in [6, 6.07) is 4.99. The van der Waals surface area contributed by atoms with Gasteiger partial charge < -0.3 is 9.84 Å². The Labute approximate surface area is 103 Å². The first kappa shape index (κ1) is 12.0. The smallest absolute Gasteiger partial charge is 0.137 e. The number of hydrogen-bond donors (Lipinski definition) is 1. The Morgan fingerprint density at radius 3 is 2.94 bits per heavy atom. The van der Waals surface area contributed by atoms with Crippen LogP contribution in [0.5, 0.6) is 0 Å². The number of benzene rings is 1. The summed E-state index contributed by atoms with van der Waals surface area (Å²) in [5.74, 6) is -0.260. The molecule has 1 aliphatic rings. The Kier molecular flexibility index (Phi) is 3.62. The molecule has 16 heavy (non-hydrogen) atoms. The Balaban J connectivity index is 2.22. The Hall–Kier alpha value is -0.450. The van der Waals surface area contributed by atoms with E-state index in [4.69, 9.17) is 4.74 Å². The molecule has 1 heterocycles. The van der Waals surface area contributed by atoms with Crippen LogP contribution in [0.4, 0.5) is 4.39 Å². The van der Waals surface area contributed by atoms with E-state index < -0.39 is 0 Å². The van der Waals surface area contributed by atoms with Gasteiger partial charge in [0.05, 0.1) is 17.7 Å². The maximum absolute atomic E-state index is 13.3. The van der Waals surface area contributed by atoms with E-state index in [0.29, 0.717) is 24.1 Å². The van der Waals surface area contributed by atoms with E-state index in [9.17, 15) is 9.50 Å². The predicted molar refractivity (Wildman–Crippen MR) is 62.8 cm³/mol. The maximum Gasteiger partial charge on any atom is 0.137 e.